The molecule has 0 aliphatic heterocycles. The van der Waals surface area contributed by atoms with Crippen molar-refractivity contribution in [2.75, 3.05) is 19.7 Å². The zero-order chi connectivity index (χ0) is 15.7. The fourth-order valence-electron chi connectivity index (χ4n) is 1.97. The molecule has 0 saturated carbocycles. The second-order valence-electron chi connectivity index (χ2n) is 4.55. The number of nitrogens with zero attached hydrogens (tertiary/aromatic N) is 2. The number of hydrogen-bond donors (Lipinski definition) is 1. The number of amides is 1. The summed E-state index contributed by atoms with van der Waals surface area (Å²) in [4.78, 5) is 14.2. The van der Waals surface area contributed by atoms with Gasteiger partial charge in [-0.25, -0.2) is 0 Å². The van der Waals surface area contributed by atoms with Crippen LogP contribution in [0.2, 0.25) is 0 Å². The minimum Gasteiger partial charge on any atom is -0.395 e. The number of carbonyl (C=O) groups is 1. The van der Waals surface area contributed by atoms with Crippen LogP contribution in [0.4, 0.5) is 0 Å². The molecule has 1 aromatic carbocycles. The Bertz CT molecular complexity index is 591. The van der Waals surface area contributed by atoms with Gasteiger partial charge in [0.1, 0.15) is 0 Å². The average molecular weight is 284 g/mol. The van der Waals surface area contributed by atoms with Crippen molar-refractivity contribution in [1.29, 1.82) is 5.26 Å². The molecule has 1 aromatic rings. The van der Waals surface area contributed by atoms with Crippen LogP contribution in [-0.4, -0.2) is 35.6 Å². The van der Waals surface area contributed by atoms with Gasteiger partial charge in [0.05, 0.1) is 19.1 Å². The Labute approximate surface area is 126 Å². The van der Waals surface area contributed by atoms with Gasteiger partial charge in [0.15, 0.2) is 0 Å². The van der Waals surface area contributed by atoms with Gasteiger partial charge in [-0.2, -0.15) is 5.26 Å². The van der Waals surface area contributed by atoms with Crippen LogP contribution in [0.5, 0.6) is 0 Å². The van der Waals surface area contributed by atoms with Crippen molar-refractivity contribution in [1.82, 2.24) is 4.90 Å². The zero-order valence-corrected chi connectivity index (χ0v) is 12.5. The second kappa shape index (κ2) is 8.79. The quantitative estimate of drug-likeness (QED) is 0.842. The summed E-state index contributed by atoms with van der Waals surface area (Å²) in [5.41, 5.74) is 2.25. The van der Waals surface area contributed by atoms with Crippen LogP contribution in [0.15, 0.2) is 18.2 Å². The minimum atomic E-state index is -0.0731. The van der Waals surface area contributed by atoms with Gasteiger partial charge < -0.3 is 10.0 Å². The molecule has 1 rings (SSSR count). The lowest BCUT2D eigenvalue weighted by atomic mass is 10.0. The molecule has 0 bridgehead atoms. The van der Waals surface area contributed by atoms with Crippen LogP contribution < -0.4 is 0 Å². The van der Waals surface area contributed by atoms with E-state index in [9.17, 15) is 4.79 Å². The Balaban J connectivity index is 3.03. The van der Waals surface area contributed by atoms with Crippen molar-refractivity contribution in [3.63, 3.8) is 0 Å². The lowest BCUT2D eigenvalue weighted by molar-refractivity contribution is 0.0767. The predicted molar refractivity (Wildman–Crippen MR) is 81.6 cm³/mol. The molecule has 21 heavy (non-hydrogen) atoms. The summed E-state index contributed by atoms with van der Waals surface area (Å²) in [6, 6.07) is 7.51. The highest BCUT2D eigenvalue weighted by Gasteiger charge is 2.16. The molecule has 1 N–H and O–H groups in total. The van der Waals surface area contributed by atoms with E-state index in [0.29, 0.717) is 31.5 Å². The van der Waals surface area contributed by atoms with Crippen LogP contribution in [0.1, 0.15) is 41.3 Å². The van der Waals surface area contributed by atoms with E-state index < -0.39 is 0 Å². The van der Waals surface area contributed by atoms with E-state index in [1.54, 1.807) is 17.0 Å². The van der Waals surface area contributed by atoms with Crippen LogP contribution in [0, 0.1) is 30.1 Å². The molecule has 0 radical (unpaired) electrons. The van der Waals surface area contributed by atoms with Gasteiger partial charge in [-0.1, -0.05) is 17.9 Å². The predicted octanol–water partition coefficient (Wildman–Crippen LogP) is 2.10. The Morgan fingerprint density at radius 3 is 2.76 bits per heavy atom. The van der Waals surface area contributed by atoms with Crippen LogP contribution >= 0.6 is 0 Å². The molecular weight excluding hydrogens is 264 g/mol. The smallest absolute Gasteiger partial charge is 0.254 e. The molecule has 110 valence electrons. The van der Waals surface area contributed by atoms with Gasteiger partial charge in [0.2, 0.25) is 0 Å². The molecule has 1 amide bonds. The van der Waals surface area contributed by atoms with E-state index in [4.69, 9.17) is 10.4 Å². The summed E-state index contributed by atoms with van der Waals surface area (Å²) in [6.07, 6.45) is 0.746. The minimum absolute atomic E-state index is 0.0302. The summed E-state index contributed by atoms with van der Waals surface area (Å²) >= 11 is 0. The van der Waals surface area contributed by atoms with E-state index in [1.807, 2.05) is 19.9 Å². The molecule has 0 fully saturated rings. The standard InChI is InChI=1S/C17H20N2O2/c1-3-19(12-7-11-18)17(21)16-10-6-9-15(14(16)2)8-4-5-13-20/h6,9-10,20H,3,5,7,12-13H2,1-2H3. The van der Waals surface area contributed by atoms with Crippen molar-refractivity contribution in [3.8, 4) is 17.9 Å². The first-order chi connectivity index (χ1) is 10.2. The zero-order valence-electron chi connectivity index (χ0n) is 12.5. The number of nitriles is 1. The third kappa shape index (κ3) is 4.63. The van der Waals surface area contributed by atoms with Crippen LogP contribution in [0.25, 0.3) is 0 Å². The maximum Gasteiger partial charge on any atom is 0.254 e. The maximum absolute atomic E-state index is 12.5. The largest absolute Gasteiger partial charge is 0.395 e. The molecular formula is C17H20N2O2. The highest BCUT2D eigenvalue weighted by molar-refractivity contribution is 5.96. The monoisotopic (exact) mass is 284 g/mol. The summed E-state index contributed by atoms with van der Waals surface area (Å²) in [7, 11) is 0. The fourth-order valence-corrected chi connectivity index (χ4v) is 1.97. The van der Waals surface area contributed by atoms with Crippen molar-refractivity contribution in [3.05, 3.63) is 34.9 Å². The molecule has 0 aromatic heterocycles. The number of carbonyl (C=O) groups excluding carboxylic acids is 1. The molecule has 0 heterocycles. The molecule has 0 aliphatic rings. The number of aliphatic hydroxyl groups is 1. The van der Waals surface area contributed by atoms with Gasteiger partial charge >= 0.3 is 0 Å². The van der Waals surface area contributed by atoms with E-state index in [1.165, 1.54) is 0 Å². The third-order valence-corrected chi connectivity index (χ3v) is 3.19. The van der Waals surface area contributed by atoms with E-state index >= 15 is 0 Å². The van der Waals surface area contributed by atoms with Gasteiger partial charge in [-0.15, -0.1) is 0 Å². The van der Waals surface area contributed by atoms with E-state index in [-0.39, 0.29) is 12.5 Å². The Morgan fingerprint density at radius 1 is 1.38 bits per heavy atom. The van der Waals surface area contributed by atoms with Crippen molar-refractivity contribution in [2.24, 2.45) is 0 Å². The number of hydrogen-bond acceptors (Lipinski definition) is 3. The molecule has 0 spiro atoms. The SMILES string of the molecule is CCN(CCC#N)C(=O)c1cccc(C#CCCO)c1C. The van der Waals surface area contributed by atoms with Crippen molar-refractivity contribution >= 4 is 5.91 Å². The second-order valence-corrected chi connectivity index (χ2v) is 4.55. The van der Waals surface area contributed by atoms with Crippen LogP contribution in [0.3, 0.4) is 0 Å². The highest BCUT2D eigenvalue weighted by Crippen LogP contribution is 2.15. The van der Waals surface area contributed by atoms with Crippen molar-refractivity contribution < 1.29 is 9.90 Å². The normalized spacial score (nSPS) is 9.43. The average Bonchev–Trinajstić information content (AvgIpc) is 2.49. The molecule has 4 nitrogen and oxygen atoms in total. The van der Waals surface area contributed by atoms with Gasteiger partial charge in [-0.05, 0) is 31.5 Å². The topological polar surface area (TPSA) is 64.3 Å². The Hall–Kier alpha value is -2.30. The third-order valence-electron chi connectivity index (χ3n) is 3.19. The van der Waals surface area contributed by atoms with E-state index in [0.717, 1.165) is 11.1 Å². The molecule has 0 atom stereocenters. The number of aliphatic hydroxyl groups excluding tert-OH is 1. The first-order valence-corrected chi connectivity index (χ1v) is 7.01. The first kappa shape index (κ1) is 16.8. The highest BCUT2D eigenvalue weighted by atomic mass is 16.2. The number of rotatable bonds is 5. The van der Waals surface area contributed by atoms with Gasteiger partial charge in [0.25, 0.3) is 5.91 Å². The first-order valence-electron chi connectivity index (χ1n) is 7.01. The lowest BCUT2D eigenvalue weighted by Crippen LogP contribution is -2.32. The lowest BCUT2D eigenvalue weighted by Gasteiger charge is -2.20. The molecule has 0 saturated heterocycles. The summed E-state index contributed by atoms with van der Waals surface area (Å²) < 4.78 is 0. The number of benzene rings is 1. The Kier molecular flexibility index (Phi) is 7.01. The molecule has 0 unspecified atom stereocenters. The van der Waals surface area contributed by atoms with Gasteiger partial charge in [-0.3, -0.25) is 4.79 Å². The van der Waals surface area contributed by atoms with Gasteiger partial charge in [0, 0.05) is 30.6 Å². The van der Waals surface area contributed by atoms with Crippen molar-refractivity contribution in [2.45, 2.75) is 26.7 Å². The Morgan fingerprint density at radius 2 is 2.14 bits per heavy atom. The summed E-state index contributed by atoms with van der Waals surface area (Å²) in [5.74, 6) is 5.77. The molecule has 4 heteroatoms. The molecule has 0 aliphatic carbocycles. The summed E-state index contributed by atoms with van der Waals surface area (Å²) in [6.45, 7) is 4.80. The van der Waals surface area contributed by atoms with Crippen LogP contribution in [-0.2, 0) is 0 Å². The fraction of sp³-hybridized carbons (Fsp3) is 0.412. The maximum atomic E-state index is 12.5. The van der Waals surface area contributed by atoms with E-state index in [2.05, 4.69) is 17.9 Å². The summed E-state index contributed by atoms with van der Waals surface area (Å²) in [5, 5.41) is 17.4.